The lowest BCUT2D eigenvalue weighted by molar-refractivity contribution is -0.150. The monoisotopic (exact) mass is 374 g/mol. The molecular formula is C18H18N2O5S. The molecule has 7 nitrogen and oxygen atoms in total. The summed E-state index contributed by atoms with van der Waals surface area (Å²) >= 11 is 1.00. The highest BCUT2D eigenvalue weighted by atomic mass is 32.2. The van der Waals surface area contributed by atoms with Crippen molar-refractivity contribution < 1.29 is 23.9 Å². The van der Waals surface area contributed by atoms with E-state index >= 15 is 0 Å². The number of allylic oxidation sites excluding steroid dienone is 1. The van der Waals surface area contributed by atoms with Gasteiger partial charge >= 0.3 is 11.9 Å². The van der Waals surface area contributed by atoms with Crippen molar-refractivity contribution in [1.29, 1.82) is 5.26 Å². The summed E-state index contributed by atoms with van der Waals surface area (Å²) in [6.45, 7) is 1.93. The van der Waals surface area contributed by atoms with Crippen molar-refractivity contribution >= 4 is 29.6 Å². The molecule has 0 saturated carbocycles. The third-order valence-corrected chi connectivity index (χ3v) is 4.77. The summed E-state index contributed by atoms with van der Waals surface area (Å²) in [5, 5.41) is 12.5. The van der Waals surface area contributed by atoms with E-state index in [0.717, 1.165) is 11.8 Å². The molecule has 1 N–H and O–H groups in total. The van der Waals surface area contributed by atoms with Crippen LogP contribution < -0.4 is 5.32 Å². The lowest BCUT2D eigenvalue weighted by atomic mass is 9.78. The second-order valence-electron chi connectivity index (χ2n) is 5.33. The van der Waals surface area contributed by atoms with Gasteiger partial charge in [-0.15, -0.1) is 0 Å². The molecule has 1 aliphatic heterocycles. The molecule has 0 aromatic heterocycles. The minimum absolute atomic E-state index is 0.0565. The van der Waals surface area contributed by atoms with Gasteiger partial charge in [0.2, 0.25) is 5.91 Å². The number of hydrogen-bond donors (Lipinski definition) is 1. The normalized spacial score (nSPS) is 19.3. The summed E-state index contributed by atoms with van der Waals surface area (Å²) in [5.41, 5.74) is 0.851. The van der Waals surface area contributed by atoms with E-state index in [1.54, 1.807) is 37.3 Å². The molecule has 1 heterocycles. The van der Waals surface area contributed by atoms with Gasteiger partial charge in [-0.1, -0.05) is 42.1 Å². The van der Waals surface area contributed by atoms with Gasteiger partial charge in [-0.3, -0.25) is 14.4 Å². The first-order valence-corrected chi connectivity index (χ1v) is 8.88. The molecule has 2 atom stereocenters. The number of methoxy groups -OCH3 is 1. The van der Waals surface area contributed by atoms with E-state index < -0.39 is 29.7 Å². The molecule has 2 rings (SSSR count). The van der Waals surface area contributed by atoms with Crippen LogP contribution in [0.4, 0.5) is 0 Å². The zero-order chi connectivity index (χ0) is 19.1. The average molecular weight is 374 g/mol. The van der Waals surface area contributed by atoms with E-state index in [-0.39, 0.29) is 23.0 Å². The summed E-state index contributed by atoms with van der Waals surface area (Å²) in [6, 6.07) is 10.9. The maximum Gasteiger partial charge on any atom is 0.319 e. The molecule has 0 spiro atoms. The van der Waals surface area contributed by atoms with Crippen molar-refractivity contribution in [2.24, 2.45) is 5.92 Å². The van der Waals surface area contributed by atoms with Gasteiger partial charge in [0.25, 0.3) is 0 Å². The Morgan fingerprint density at radius 2 is 2.00 bits per heavy atom. The highest BCUT2D eigenvalue weighted by Crippen LogP contribution is 2.39. The van der Waals surface area contributed by atoms with Crippen molar-refractivity contribution in [3.8, 4) is 6.07 Å². The topological polar surface area (TPSA) is 105 Å². The Morgan fingerprint density at radius 1 is 1.31 bits per heavy atom. The minimum Gasteiger partial charge on any atom is -0.468 e. The summed E-state index contributed by atoms with van der Waals surface area (Å²) in [4.78, 5) is 36.3. The van der Waals surface area contributed by atoms with Crippen LogP contribution in [0.5, 0.6) is 0 Å². The number of hydrogen-bond acceptors (Lipinski definition) is 7. The molecule has 0 aliphatic carbocycles. The van der Waals surface area contributed by atoms with Gasteiger partial charge in [0.1, 0.15) is 5.92 Å². The van der Waals surface area contributed by atoms with Crippen LogP contribution in [-0.2, 0) is 23.9 Å². The third-order valence-electron chi connectivity index (χ3n) is 3.78. The molecule has 1 aromatic rings. The third kappa shape index (κ3) is 4.24. The summed E-state index contributed by atoms with van der Waals surface area (Å²) < 4.78 is 9.62. The first-order chi connectivity index (χ1) is 12.5. The van der Waals surface area contributed by atoms with Crippen LogP contribution in [0.25, 0.3) is 0 Å². The molecule has 8 heteroatoms. The molecule has 1 amide bonds. The maximum absolute atomic E-state index is 12.5. The fraction of sp³-hybridized carbons (Fsp3) is 0.333. The van der Waals surface area contributed by atoms with Crippen LogP contribution in [0, 0.1) is 17.2 Å². The standard InChI is InChI=1S/C18H18N2O5S/c1-3-25-13(21)10-26-17-12(9-19)14(11-7-5-4-6-8-11)15(16(22)20-17)18(23)24-2/h4-8,14-15H,3,10H2,1-2H3,(H,20,22)/t14-,15+/m1/s1. The van der Waals surface area contributed by atoms with E-state index in [1.165, 1.54) is 7.11 Å². The van der Waals surface area contributed by atoms with Crippen molar-refractivity contribution in [2.75, 3.05) is 19.5 Å². The Kier molecular flexibility index (Phi) is 6.81. The number of carbonyl (C=O) groups excluding carboxylic acids is 3. The van der Waals surface area contributed by atoms with Crippen LogP contribution >= 0.6 is 11.8 Å². The molecule has 0 fully saturated rings. The Hall–Kier alpha value is -2.79. The molecule has 1 aliphatic rings. The second kappa shape index (κ2) is 9.06. The maximum atomic E-state index is 12.5. The number of nitrogens with zero attached hydrogens (tertiary/aromatic N) is 1. The van der Waals surface area contributed by atoms with E-state index in [1.807, 2.05) is 0 Å². The molecule has 26 heavy (non-hydrogen) atoms. The predicted octanol–water partition coefficient (Wildman–Crippen LogP) is 1.72. The fourth-order valence-corrected chi connectivity index (χ4v) is 3.52. The Labute approximate surface area is 155 Å². The Balaban J connectivity index is 2.45. The summed E-state index contributed by atoms with van der Waals surface area (Å²) in [5.74, 6) is -3.77. The Morgan fingerprint density at radius 3 is 2.58 bits per heavy atom. The van der Waals surface area contributed by atoms with Crippen molar-refractivity contribution in [2.45, 2.75) is 12.8 Å². The number of carbonyl (C=O) groups is 3. The van der Waals surface area contributed by atoms with Crippen molar-refractivity contribution in [3.05, 3.63) is 46.5 Å². The lowest BCUT2D eigenvalue weighted by Gasteiger charge is -2.30. The number of nitriles is 1. The fourth-order valence-electron chi connectivity index (χ4n) is 2.67. The number of esters is 2. The van der Waals surface area contributed by atoms with Crippen LogP contribution in [0.1, 0.15) is 18.4 Å². The molecule has 0 unspecified atom stereocenters. The zero-order valence-electron chi connectivity index (χ0n) is 14.4. The molecular weight excluding hydrogens is 356 g/mol. The quantitative estimate of drug-likeness (QED) is 0.597. The lowest BCUT2D eigenvalue weighted by Crippen LogP contribution is -2.44. The number of rotatable bonds is 6. The van der Waals surface area contributed by atoms with Gasteiger partial charge in [0, 0.05) is 5.92 Å². The van der Waals surface area contributed by atoms with Crippen molar-refractivity contribution in [1.82, 2.24) is 5.32 Å². The van der Waals surface area contributed by atoms with E-state index in [0.29, 0.717) is 5.56 Å². The van der Waals surface area contributed by atoms with Gasteiger partial charge in [0.15, 0.2) is 0 Å². The van der Waals surface area contributed by atoms with Gasteiger partial charge in [0.05, 0.1) is 36.1 Å². The predicted molar refractivity (Wildman–Crippen MR) is 94.6 cm³/mol. The first-order valence-electron chi connectivity index (χ1n) is 7.89. The summed E-state index contributed by atoms with van der Waals surface area (Å²) in [7, 11) is 1.19. The number of benzene rings is 1. The smallest absolute Gasteiger partial charge is 0.319 e. The molecule has 1 aromatic carbocycles. The van der Waals surface area contributed by atoms with E-state index in [2.05, 4.69) is 11.4 Å². The molecule has 0 saturated heterocycles. The van der Waals surface area contributed by atoms with E-state index in [4.69, 9.17) is 9.47 Å². The minimum atomic E-state index is -1.18. The molecule has 0 radical (unpaired) electrons. The first kappa shape index (κ1) is 19.5. The van der Waals surface area contributed by atoms with Crippen LogP contribution in [-0.4, -0.2) is 37.3 Å². The number of thioether (sulfide) groups is 1. The largest absolute Gasteiger partial charge is 0.468 e. The van der Waals surface area contributed by atoms with Gasteiger partial charge in [-0.2, -0.15) is 5.26 Å². The zero-order valence-corrected chi connectivity index (χ0v) is 15.2. The highest BCUT2D eigenvalue weighted by Gasteiger charge is 2.44. The number of amides is 1. The van der Waals surface area contributed by atoms with Gasteiger partial charge in [-0.05, 0) is 12.5 Å². The Bertz CT molecular complexity index is 770. The average Bonchev–Trinajstić information content (AvgIpc) is 2.66. The van der Waals surface area contributed by atoms with Gasteiger partial charge < -0.3 is 14.8 Å². The van der Waals surface area contributed by atoms with Crippen molar-refractivity contribution in [3.63, 3.8) is 0 Å². The van der Waals surface area contributed by atoms with E-state index in [9.17, 15) is 19.6 Å². The van der Waals surface area contributed by atoms with Crippen LogP contribution in [0.15, 0.2) is 40.9 Å². The van der Waals surface area contributed by atoms with Crippen LogP contribution in [0.3, 0.4) is 0 Å². The molecule has 0 bridgehead atoms. The molecule has 136 valence electrons. The number of ether oxygens (including phenoxy) is 2. The van der Waals surface area contributed by atoms with Gasteiger partial charge in [-0.25, -0.2) is 0 Å². The number of nitrogens with one attached hydrogen (secondary N) is 1. The highest BCUT2D eigenvalue weighted by molar-refractivity contribution is 8.03. The second-order valence-corrected chi connectivity index (χ2v) is 6.31. The van der Waals surface area contributed by atoms with Crippen LogP contribution in [0.2, 0.25) is 0 Å². The SMILES string of the molecule is CCOC(=O)CSC1=C(C#N)[C@@H](c2ccccc2)[C@H](C(=O)OC)C(=O)N1. The summed E-state index contributed by atoms with van der Waals surface area (Å²) in [6.07, 6.45) is 0.